The van der Waals surface area contributed by atoms with E-state index in [1.165, 1.54) is 6.33 Å². The fraction of sp³-hybridized carbons (Fsp3) is 0.529. The lowest BCUT2D eigenvalue weighted by Crippen LogP contribution is -2.45. The number of aliphatic hydroxyl groups excluding tert-OH is 1. The molecule has 2 aliphatic carbocycles. The number of aromatic nitrogens is 3. The fourth-order valence-electron chi connectivity index (χ4n) is 4.33. The molecule has 2 aromatic heterocycles. The van der Waals surface area contributed by atoms with Gasteiger partial charge in [0.2, 0.25) is 0 Å². The summed E-state index contributed by atoms with van der Waals surface area (Å²) >= 11 is 6.18. The summed E-state index contributed by atoms with van der Waals surface area (Å²) in [6, 6.07) is 1.81. The van der Waals surface area contributed by atoms with Crippen molar-refractivity contribution < 1.29 is 14.6 Å². The van der Waals surface area contributed by atoms with Gasteiger partial charge < -0.3 is 19.1 Å². The van der Waals surface area contributed by atoms with Crippen LogP contribution < -0.4 is 0 Å². The number of hydrogen-bond acceptors (Lipinski definition) is 5. The van der Waals surface area contributed by atoms with Crippen molar-refractivity contribution in [3.8, 4) is 11.8 Å². The van der Waals surface area contributed by atoms with E-state index in [0.29, 0.717) is 5.15 Å². The van der Waals surface area contributed by atoms with Gasteiger partial charge in [-0.15, -0.1) is 0 Å². The second-order valence-corrected chi connectivity index (χ2v) is 7.44. The molecule has 124 valence electrons. The molecule has 3 heterocycles. The Bertz CT molecular complexity index is 915. The van der Waals surface area contributed by atoms with Crippen molar-refractivity contribution in [2.24, 2.45) is 11.3 Å². The molecule has 24 heavy (non-hydrogen) atoms. The smallest absolute Gasteiger partial charge is 0.163 e. The van der Waals surface area contributed by atoms with E-state index in [0.717, 1.165) is 11.0 Å². The third-order valence-corrected chi connectivity index (χ3v) is 5.67. The van der Waals surface area contributed by atoms with Crippen LogP contribution in [0.2, 0.25) is 5.15 Å². The van der Waals surface area contributed by atoms with E-state index in [-0.39, 0.29) is 30.8 Å². The van der Waals surface area contributed by atoms with Gasteiger partial charge in [0.15, 0.2) is 5.79 Å². The highest BCUT2D eigenvalue weighted by Gasteiger charge is 2.69. The van der Waals surface area contributed by atoms with E-state index in [2.05, 4.69) is 21.8 Å². The molecule has 1 aliphatic heterocycles. The number of ether oxygens (including phenoxy) is 2. The van der Waals surface area contributed by atoms with E-state index in [4.69, 9.17) is 21.1 Å². The molecule has 0 bridgehead atoms. The number of nitrogens with zero attached hydrogens (tertiary/aromatic N) is 3. The first-order chi connectivity index (χ1) is 11.5. The third-order valence-electron chi connectivity index (χ3n) is 5.37. The highest BCUT2D eigenvalue weighted by atomic mass is 35.5. The first-order valence-electron chi connectivity index (χ1n) is 7.93. The molecule has 0 aromatic carbocycles. The molecule has 7 heteroatoms. The SMILES string of the molecule is CC1(C)O[C@H]2[C@H](n3ccc4c(Cl)ncnc43)[C@H]3C#C[C@@]3(CO)[C@H]2O1. The highest BCUT2D eigenvalue weighted by Crippen LogP contribution is 2.59. The van der Waals surface area contributed by atoms with Gasteiger partial charge in [-0.2, -0.15) is 0 Å². The molecule has 0 spiro atoms. The van der Waals surface area contributed by atoms with E-state index >= 15 is 0 Å². The lowest BCUT2D eigenvalue weighted by molar-refractivity contribution is -0.172. The molecule has 3 aliphatic rings. The molecular weight excluding hydrogens is 330 g/mol. The molecule has 2 aromatic rings. The van der Waals surface area contributed by atoms with Gasteiger partial charge in [-0.25, -0.2) is 9.97 Å². The van der Waals surface area contributed by atoms with Gasteiger partial charge >= 0.3 is 0 Å². The predicted octanol–water partition coefficient (Wildman–Crippen LogP) is 1.77. The summed E-state index contributed by atoms with van der Waals surface area (Å²) in [6.07, 6.45) is 2.91. The van der Waals surface area contributed by atoms with Gasteiger partial charge in [0.05, 0.1) is 29.4 Å². The van der Waals surface area contributed by atoms with Crippen LogP contribution in [0.5, 0.6) is 0 Å². The predicted molar refractivity (Wildman–Crippen MR) is 86.2 cm³/mol. The first-order valence-corrected chi connectivity index (χ1v) is 8.31. The van der Waals surface area contributed by atoms with Crippen LogP contribution in [-0.4, -0.2) is 44.2 Å². The van der Waals surface area contributed by atoms with Crippen molar-refractivity contribution in [1.29, 1.82) is 0 Å². The zero-order valence-corrected chi connectivity index (χ0v) is 14.0. The van der Waals surface area contributed by atoms with Gasteiger partial charge in [-0.1, -0.05) is 23.4 Å². The van der Waals surface area contributed by atoms with Crippen molar-refractivity contribution in [2.75, 3.05) is 6.61 Å². The zero-order chi connectivity index (χ0) is 16.7. The molecule has 0 amide bonds. The van der Waals surface area contributed by atoms with Gasteiger partial charge in [0.1, 0.15) is 29.3 Å². The summed E-state index contributed by atoms with van der Waals surface area (Å²) in [7, 11) is 0. The Morgan fingerprint density at radius 2 is 2.21 bits per heavy atom. The molecule has 5 atom stereocenters. The van der Waals surface area contributed by atoms with E-state index in [9.17, 15) is 5.11 Å². The largest absolute Gasteiger partial charge is 0.395 e. The Balaban J connectivity index is 1.68. The summed E-state index contributed by atoms with van der Waals surface area (Å²) in [6.45, 7) is 3.74. The van der Waals surface area contributed by atoms with Crippen molar-refractivity contribution in [3.05, 3.63) is 23.7 Å². The van der Waals surface area contributed by atoms with Crippen molar-refractivity contribution in [3.63, 3.8) is 0 Å². The van der Waals surface area contributed by atoms with E-state index in [1.807, 2.05) is 30.7 Å². The van der Waals surface area contributed by atoms with Crippen molar-refractivity contribution >= 4 is 22.6 Å². The number of fused-ring (bicyclic) bond motifs is 4. The minimum atomic E-state index is -0.701. The topological polar surface area (TPSA) is 69.4 Å². The van der Waals surface area contributed by atoms with Crippen LogP contribution in [0, 0.1) is 23.2 Å². The van der Waals surface area contributed by atoms with Crippen LogP contribution in [0.4, 0.5) is 0 Å². The van der Waals surface area contributed by atoms with Crippen molar-refractivity contribution in [1.82, 2.24) is 14.5 Å². The van der Waals surface area contributed by atoms with Gasteiger partial charge in [-0.3, -0.25) is 0 Å². The summed E-state index contributed by atoms with van der Waals surface area (Å²) in [4.78, 5) is 8.42. The Hall–Kier alpha value is -1.65. The molecule has 6 nitrogen and oxygen atoms in total. The van der Waals surface area contributed by atoms with Gasteiger partial charge in [0, 0.05) is 6.20 Å². The molecule has 1 saturated heterocycles. The standard InChI is InChI=1S/C17H16ClN3O3/c1-16(2)23-12-11(10-3-5-17(10,7-22)13(12)24-16)21-6-4-9-14(18)19-8-20-15(9)21/h4,6,8,10-13,22H,7H2,1-2H3/t10-,11-,12+,13+,17+/m1/s1. The Kier molecular flexibility index (Phi) is 2.75. The summed E-state index contributed by atoms with van der Waals surface area (Å²) in [5, 5.41) is 11.3. The monoisotopic (exact) mass is 345 g/mol. The molecule has 5 rings (SSSR count). The molecule has 0 unspecified atom stereocenters. The Labute approximate surface area is 143 Å². The average Bonchev–Trinajstić information content (AvgIpc) is 3.10. The van der Waals surface area contributed by atoms with Crippen LogP contribution in [0.15, 0.2) is 18.6 Å². The first kappa shape index (κ1) is 14.7. The molecule has 1 saturated carbocycles. The number of rotatable bonds is 2. The van der Waals surface area contributed by atoms with E-state index in [1.54, 1.807) is 0 Å². The lowest BCUT2D eigenvalue weighted by atomic mass is 9.70. The lowest BCUT2D eigenvalue weighted by Gasteiger charge is -2.38. The molecule has 0 radical (unpaired) electrons. The minimum Gasteiger partial charge on any atom is -0.395 e. The van der Waals surface area contributed by atoms with Crippen LogP contribution in [-0.2, 0) is 9.47 Å². The second kappa shape index (κ2) is 4.50. The number of hydrogen-bond donors (Lipinski definition) is 1. The summed E-state index contributed by atoms with van der Waals surface area (Å²) in [5.41, 5.74) is 0.172. The maximum Gasteiger partial charge on any atom is 0.163 e. The van der Waals surface area contributed by atoms with Crippen molar-refractivity contribution in [2.45, 2.75) is 37.9 Å². The molecule has 1 N–H and O–H groups in total. The van der Waals surface area contributed by atoms with Gasteiger partial charge in [-0.05, 0) is 19.9 Å². The second-order valence-electron chi connectivity index (χ2n) is 7.08. The molecule has 2 fully saturated rings. The van der Waals surface area contributed by atoms with Crippen LogP contribution in [0.1, 0.15) is 19.9 Å². The number of halogens is 1. The quantitative estimate of drug-likeness (QED) is 0.663. The maximum absolute atomic E-state index is 10.0. The molecular formula is C17H16ClN3O3. The highest BCUT2D eigenvalue weighted by molar-refractivity contribution is 6.33. The van der Waals surface area contributed by atoms with E-state index < -0.39 is 11.2 Å². The minimum absolute atomic E-state index is 0.0436. The fourth-order valence-corrected chi connectivity index (χ4v) is 4.52. The van der Waals surface area contributed by atoms with Crippen LogP contribution in [0.3, 0.4) is 0 Å². The number of aliphatic hydroxyl groups is 1. The van der Waals surface area contributed by atoms with Crippen LogP contribution in [0.25, 0.3) is 11.0 Å². The zero-order valence-electron chi connectivity index (χ0n) is 13.2. The average molecular weight is 346 g/mol. The van der Waals surface area contributed by atoms with Crippen LogP contribution >= 0.6 is 11.6 Å². The summed E-state index contributed by atoms with van der Waals surface area (Å²) in [5.74, 6) is 5.62. The third kappa shape index (κ3) is 1.63. The normalized spacial score (nSPS) is 38.3. The summed E-state index contributed by atoms with van der Waals surface area (Å²) < 4.78 is 14.3. The Morgan fingerprint density at radius 3 is 2.92 bits per heavy atom. The Morgan fingerprint density at radius 1 is 1.38 bits per heavy atom. The maximum atomic E-state index is 10.0. The van der Waals surface area contributed by atoms with Gasteiger partial charge in [0.25, 0.3) is 0 Å².